The van der Waals surface area contributed by atoms with Gasteiger partial charge in [-0.25, -0.2) is 17.5 Å². The third-order valence-corrected chi connectivity index (χ3v) is 6.46. The zero-order valence-electron chi connectivity index (χ0n) is 17.6. The minimum Gasteiger partial charge on any atom is -0.377 e. The number of aromatic nitrogens is 1. The van der Waals surface area contributed by atoms with E-state index in [0.717, 1.165) is 35.7 Å². The average molecular weight is 567 g/mol. The summed E-state index contributed by atoms with van der Waals surface area (Å²) in [5.74, 6) is 0.202. The number of ether oxygens (including phenoxy) is 1. The fourth-order valence-electron chi connectivity index (χ4n) is 3.46. The Bertz CT molecular complexity index is 961. The SMILES string of the molecule is CN=C(NCCc1c[nH]c2ccc(F)cc12)NCCS(=O)(=O)NCC1CCCCO1.I. The van der Waals surface area contributed by atoms with Crippen LogP contribution < -0.4 is 15.4 Å². The Labute approximate surface area is 199 Å². The van der Waals surface area contributed by atoms with Gasteiger partial charge in [-0.3, -0.25) is 4.99 Å². The summed E-state index contributed by atoms with van der Waals surface area (Å²) in [7, 11) is -1.76. The molecule has 2 heterocycles. The first-order chi connectivity index (χ1) is 14.5. The van der Waals surface area contributed by atoms with Crippen LogP contribution in [0.4, 0.5) is 4.39 Å². The Kier molecular flexibility index (Phi) is 10.5. The van der Waals surface area contributed by atoms with Crippen LogP contribution in [0.5, 0.6) is 0 Å². The van der Waals surface area contributed by atoms with E-state index in [1.165, 1.54) is 12.1 Å². The topological polar surface area (TPSA) is 108 Å². The maximum Gasteiger partial charge on any atom is 0.213 e. The third-order valence-electron chi connectivity index (χ3n) is 5.11. The van der Waals surface area contributed by atoms with Crippen LogP contribution in [0.2, 0.25) is 0 Å². The molecule has 1 aliphatic rings. The molecule has 0 saturated carbocycles. The second kappa shape index (κ2) is 12.6. The van der Waals surface area contributed by atoms with Gasteiger partial charge in [0.25, 0.3) is 0 Å². The average Bonchev–Trinajstić information content (AvgIpc) is 3.14. The molecule has 31 heavy (non-hydrogen) atoms. The lowest BCUT2D eigenvalue weighted by Crippen LogP contribution is -2.43. The van der Waals surface area contributed by atoms with Crippen molar-refractivity contribution in [3.8, 4) is 0 Å². The first-order valence-corrected chi connectivity index (χ1v) is 11.9. The molecule has 2 aromatic rings. The van der Waals surface area contributed by atoms with Crippen molar-refractivity contribution in [2.45, 2.75) is 31.8 Å². The number of rotatable bonds is 9. The number of H-pyrrole nitrogens is 1. The number of benzene rings is 1. The van der Waals surface area contributed by atoms with Crippen LogP contribution >= 0.6 is 24.0 Å². The summed E-state index contributed by atoms with van der Waals surface area (Å²) in [6.45, 7) is 1.83. The van der Waals surface area contributed by atoms with Crippen molar-refractivity contribution in [3.63, 3.8) is 0 Å². The molecule has 0 amide bonds. The molecular weight excluding hydrogens is 536 g/mol. The van der Waals surface area contributed by atoms with Gasteiger partial charge in [0.05, 0.1) is 11.9 Å². The summed E-state index contributed by atoms with van der Waals surface area (Å²) in [5.41, 5.74) is 1.90. The van der Waals surface area contributed by atoms with Crippen molar-refractivity contribution >= 4 is 50.9 Å². The maximum atomic E-state index is 13.5. The van der Waals surface area contributed by atoms with Crippen molar-refractivity contribution in [2.75, 3.05) is 39.0 Å². The van der Waals surface area contributed by atoms with E-state index in [0.29, 0.717) is 32.1 Å². The highest BCUT2D eigenvalue weighted by molar-refractivity contribution is 14.0. The number of nitrogens with one attached hydrogen (secondary N) is 4. The molecule has 3 rings (SSSR count). The minimum absolute atomic E-state index is 0. The van der Waals surface area contributed by atoms with E-state index in [1.807, 2.05) is 6.20 Å². The summed E-state index contributed by atoms with van der Waals surface area (Å²) in [4.78, 5) is 7.24. The van der Waals surface area contributed by atoms with Crippen LogP contribution in [0.3, 0.4) is 0 Å². The molecule has 174 valence electrons. The van der Waals surface area contributed by atoms with Crippen LogP contribution in [0.15, 0.2) is 29.4 Å². The van der Waals surface area contributed by atoms with Gasteiger partial charge < -0.3 is 20.4 Å². The van der Waals surface area contributed by atoms with Gasteiger partial charge in [-0.2, -0.15) is 0 Å². The van der Waals surface area contributed by atoms with Gasteiger partial charge in [0.1, 0.15) is 5.82 Å². The lowest BCUT2D eigenvalue weighted by molar-refractivity contribution is 0.0200. The van der Waals surface area contributed by atoms with E-state index in [1.54, 1.807) is 13.1 Å². The quantitative estimate of drug-likeness (QED) is 0.211. The molecule has 0 aliphatic carbocycles. The predicted octanol–water partition coefficient (Wildman–Crippen LogP) is 2.12. The van der Waals surface area contributed by atoms with Gasteiger partial charge in [0.2, 0.25) is 10.0 Å². The van der Waals surface area contributed by atoms with Crippen molar-refractivity contribution < 1.29 is 17.5 Å². The smallest absolute Gasteiger partial charge is 0.213 e. The molecule has 1 aromatic heterocycles. The number of aromatic amines is 1. The summed E-state index contributed by atoms with van der Waals surface area (Å²) in [6.07, 6.45) is 5.51. The Morgan fingerprint density at radius 1 is 1.29 bits per heavy atom. The van der Waals surface area contributed by atoms with Gasteiger partial charge in [0.15, 0.2) is 5.96 Å². The highest BCUT2D eigenvalue weighted by Gasteiger charge is 2.17. The zero-order chi connectivity index (χ0) is 21.4. The number of fused-ring (bicyclic) bond motifs is 1. The molecule has 1 saturated heterocycles. The number of aliphatic imine (C=N–C) groups is 1. The van der Waals surface area contributed by atoms with Gasteiger partial charge >= 0.3 is 0 Å². The van der Waals surface area contributed by atoms with Crippen LogP contribution in [0.1, 0.15) is 24.8 Å². The van der Waals surface area contributed by atoms with Crippen LogP contribution in [0, 0.1) is 5.82 Å². The van der Waals surface area contributed by atoms with E-state index < -0.39 is 10.0 Å². The fourth-order valence-corrected chi connectivity index (χ4v) is 4.41. The van der Waals surface area contributed by atoms with Crippen LogP contribution in [-0.4, -0.2) is 64.5 Å². The van der Waals surface area contributed by atoms with Crippen molar-refractivity contribution in [3.05, 3.63) is 35.8 Å². The molecule has 1 unspecified atom stereocenters. The minimum atomic E-state index is -3.38. The third kappa shape index (κ3) is 8.20. The Morgan fingerprint density at radius 3 is 2.84 bits per heavy atom. The van der Waals surface area contributed by atoms with Crippen molar-refractivity contribution in [1.82, 2.24) is 20.3 Å². The molecular formula is C20H31FIN5O3S. The molecule has 0 bridgehead atoms. The van der Waals surface area contributed by atoms with Crippen LogP contribution in [-0.2, 0) is 21.2 Å². The second-order valence-electron chi connectivity index (χ2n) is 7.34. The van der Waals surface area contributed by atoms with Gasteiger partial charge in [-0.15, -0.1) is 24.0 Å². The number of guanidine groups is 1. The normalized spacial score (nSPS) is 17.4. The largest absolute Gasteiger partial charge is 0.377 e. The number of halogens is 2. The monoisotopic (exact) mass is 567 g/mol. The summed E-state index contributed by atoms with van der Waals surface area (Å²) in [5, 5.41) is 7.02. The molecule has 1 aliphatic heterocycles. The Morgan fingerprint density at radius 2 is 2.10 bits per heavy atom. The van der Waals surface area contributed by atoms with E-state index in [-0.39, 0.29) is 48.2 Å². The van der Waals surface area contributed by atoms with E-state index in [4.69, 9.17) is 4.74 Å². The zero-order valence-corrected chi connectivity index (χ0v) is 20.8. The van der Waals surface area contributed by atoms with Crippen molar-refractivity contribution in [2.24, 2.45) is 4.99 Å². The molecule has 1 fully saturated rings. The molecule has 1 aromatic carbocycles. The van der Waals surface area contributed by atoms with Crippen LogP contribution in [0.25, 0.3) is 10.9 Å². The van der Waals surface area contributed by atoms with E-state index >= 15 is 0 Å². The summed E-state index contributed by atoms with van der Waals surface area (Å²) >= 11 is 0. The van der Waals surface area contributed by atoms with E-state index in [9.17, 15) is 12.8 Å². The molecule has 1 atom stereocenters. The summed E-state index contributed by atoms with van der Waals surface area (Å²) in [6, 6.07) is 4.67. The molecule has 8 nitrogen and oxygen atoms in total. The van der Waals surface area contributed by atoms with Gasteiger partial charge in [-0.05, 0) is 49.4 Å². The molecule has 4 N–H and O–H groups in total. The number of nitrogens with zero attached hydrogens (tertiary/aromatic N) is 1. The van der Waals surface area contributed by atoms with Crippen molar-refractivity contribution in [1.29, 1.82) is 0 Å². The fraction of sp³-hybridized carbons (Fsp3) is 0.550. The highest BCUT2D eigenvalue weighted by Crippen LogP contribution is 2.19. The molecule has 0 radical (unpaired) electrons. The lowest BCUT2D eigenvalue weighted by atomic mass is 10.1. The predicted molar refractivity (Wildman–Crippen MR) is 132 cm³/mol. The number of hydrogen-bond donors (Lipinski definition) is 4. The number of sulfonamides is 1. The van der Waals surface area contributed by atoms with E-state index in [2.05, 4.69) is 25.3 Å². The molecule has 11 heteroatoms. The van der Waals surface area contributed by atoms with Gasteiger partial charge in [0, 0.05) is 50.4 Å². The first kappa shape index (κ1) is 25.8. The maximum absolute atomic E-state index is 13.5. The van der Waals surface area contributed by atoms with Gasteiger partial charge in [-0.1, -0.05) is 0 Å². The summed E-state index contributed by atoms with van der Waals surface area (Å²) < 4.78 is 46.0. The second-order valence-corrected chi connectivity index (χ2v) is 9.26. The Hall–Kier alpha value is -1.44. The standard InChI is InChI=1S/C20H30FN5O3S.HI/c1-22-20(23-8-7-15-13-25-19-6-5-16(21)12-18(15)19)24-9-11-30(27,28)26-14-17-4-2-3-10-29-17;/h5-6,12-13,17,25-26H,2-4,7-11,14H2,1H3,(H2,22,23,24);1H. The highest BCUT2D eigenvalue weighted by atomic mass is 127. The lowest BCUT2D eigenvalue weighted by Gasteiger charge is -2.22. The number of hydrogen-bond acceptors (Lipinski definition) is 4. The molecule has 0 spiro atoms. The Balaban J connectivity index is 0.00000341. The first-order valence-electron chi connectivity index (χ1n) is 10.3.